The Bertz CT molecular complexity index is 780. The fraction of sp³-hybridized carbons (Fsp3) is 0.400. The molecule has 1 fully saturated rings. The van der Waals surface area contributed by atoms with Gasteiger partial charge in [0.15, 0.2) is 0 Å². The zero-order valence-corrected chi connectivity index (χ0v) is 15.9. The van der Waals surface area contributed by atoms with Gasteiger partial charge in [0.1, 0.15) is 0 Å². The molecule has 0 unspecified atom stereocenters. The zero-order valence-electron chi connectivity index (χ0n) is 15.1. The highest BCUT2D eigenvalue weighted by molar-refractivity contribution is 7.10. The lowest BCUT2D eigenvalue weighted by molar-refractivity contribution is -0.136. The number of nitrogens with one attached hydrogen (secondary N) is 2. The van der Waals surface area contributed by atoms with Gasteiger partial charge in [0, 0.05) is 35.7 Å². The zero-order chi connectivity index (χ0) is 18.6. The molecule has 2 N–H and O–H groups in total. The van der Waals surface area contributed by atoms with Crippen molar-refractivity contribution in [3.8, 4) is 0 Å². The summed E-state index contributed by atoms with van der Waals surface area (Å²) in [5.74, 6) is -1.24. The molecule has 138 valence electrons. The molecule has 0 saturated carbocycles. The van der Waals surface area contributed by atoms with Gasteiger partial charge in [-0.1, -0.05) is 12.1 Å². The Morgan fingerprint density at radius 2 is 1.88 bits per heavy atom. The van der Waals surface area contributed by atoms with Crippen molar-refractivity contribution in [3.05, 3.63) is 51.7 Å². The van der Waals surface area contributed by atoms with E-state index in [1.54, 1.807) is 17.4 Å². The fourth-order valence-electron chi connectivity index (χ4n) is 3.19. The molecule has 0 spiro atoms. The van der Waals surface area contributed by atoms with E-state index in [-0.39, 0.29) is 5.41 Å². The molecule has 2 aromatic rings. The molecule has 3 rings (SSSR count). The van der Waals surface area contributed by atoms with E-state index in [9.17, 15) is 9.59 Å². The predicted molar refractivity (Wildman–Crippen MR) is 104 cm³/mol. The Labute approximate surface area is 157 Å². The second-order valence-corrected chi connectivity index (χ2v) is 7.75. The molecular formula is C20H24N2O3S. The highest BCUT2D eigenvalue weighted by Crippen LogP contribution is 2.36. The van der Waals surface area contributed by atoms with E-state index in [1.165, 1.54) is 4.88 Å². The Morgan fingerprint density at radius 3 is 2.54 bits per heavy atom. The van der Waals surface area contributed by atoms with E-state index in [0.717, 1.165) is 24.0 Å². The summed E-state index contributed by atoms with van der Waals surface area (Å²) in [5, 5.41) is 7.54. The van der Waals surface area contributed by atoms with Crippen LogP contribution in [0.25, 0.3) is 0 Å². The molecular weight excluding hydrogens is 348 g/mol. The maximum absolute atomic E-state index is 12.3. The normalized spacial score (nSPS) is 16.1. The number of hydrogen-bond donors (Lipinski definition) is 2. The molecule has 2 heterocycles. The van der Waals surface area contributed by atoms with Crippen molar-refractivity contribution in [2.24, 2.45) is 0 Å². The quantitative estimate of drug-likeness (QED) is 0.810. The molecule has 0 bridgehead atoms. The predicted octanol–water partition coefficient (Wildman–Crippen LogP) is 3.17. The molecule has 5 nitrogen and oxygen atoms in total. The summed E-state index contributed by atoms with van der Waals surface area (Å²) < 4.78 is 5.49. The summed E-state index contributed by atoms with van der Waals surface area (Å²) in [6.45, 7) is 5.76. The maximum atomic E-state index is 12.3. The van der Waals surface area contributed by atoms with Crippen LogP contribution in [0.15, 0.2) is 35.7 Å². The highest BCUT2D eigenvalue weighted by Gasteiger charge is 2.36. The van der Waals surface area contributed by atoms with Gasteiger partial charge in [-0.05, 0) is 61.4 Å². The van der Waals surface area contributed by atoms with Crippen LogP contribution in [0.5, 0.6) is 0 Å². The van der Waals surface area contributed by atoms with E-state index >= 15 is 0 Å². The van der Waals surface area contributed by atoms with Crippen LogP contribution < -0.4 is 10.6 Å². The van der Waals surface area contributed by atoms with Gasteiger partial charge in [0.2, 0.25) is 0 Å². The number of carbonyl (C=O) groups excluding carboxylic acids is 2. The average molecular weight is 372 g/mol. The third-order valence-corrected chi connectivity index (χ3v) is 6.17. The molecule has 1 aromatic heterocycles. The second-order valence-electron chi connectivity index (χ2n) is 6.81. The Morgan fingerprint density at radius 1 is 1.12 bits per heavy atom. The van der Waals surface area contributed by atoms with Crippen molar-refractivity contribution in [3.63, 3.8) is 0 Å². The first-order valence-corrected chi connectivity index (χ1v) is 9.66. The van der Waals surface area contributed by atoms with Crippen LogP contribution in [-0.2, 0) is 19.7 Å². The Kier molecular flexibility index (Phi) is 5.74. The van der Waals surface area contributed by atoms with Crippen LogP contribution in [0.1, 0.15) is 28.8 Å². The summed E-state index contributed by atoms with van der Waals surface area (Å²) in [4.78, 5) is 25.8. The largest absolute Gasteiger partial charge is 0.381 e. The molecule has 0 radical (unpaired) electrons. The lowest BCUT2D eigenvalue weighted by atomic mass is 9.78. The summed E-state index contributed by atoms with van der Waals surface area (Å²) in [6.07, 6.45) is 1.68. The van der Waals surface area contributed by atoms with Gasteiger partial charge in [0.05, 0.1) is 0 Å². The molecule has 1 aromatic carbocycles. The number of amides is 2. The van der Waals surface area contributed by atoms with Crippen molar-refractivity contribution >= 4 is 28.8 Å². The number of benzene rings is 1. The van der Waals surface area contributed by atoms with Gasteiger partial charge in [-0.2, -0.15) is 0 Å². The molecule has 6 heteroatoms. The van der Waals surface area contributed by atoms with E-state index in [0.29, 0.717) is 25.4 Å². The van der Waals surface area contributed by atoms with E-state index in [2.05, 4.69) is 16.7 Å². The number of carbonyl (C=O) groups is 2. The first-order valence-electron chi connectivity index (χ1n) is 8.78. The van der Waals surface area contributed by atoms with E-state index in [1.807, 2.05) is 37.4 Å². The molecule has 26 heavy (non-hydrogen) atoms. The summed E-state index contributed by atoms with van der Waals surface area (Å²) in [5.41, 5.74) is 2.70. The SMILES string of the molecule is Cc1ccc(NC(=O)C(=O)NCC2(c3cccs3)CCOCC2)cc1C. The number of aryl methyl sites for hydroxylation is 2. The van der Waals surface area contributed by atoms with Gasteiger partial charge in [-0.3, -0.25) is 9.59 Å². The van der Waals surface area contributed by atoms with E-state index < -0.39 is 11.8 Å². The van der Waals surface area contributed by atoms with Gasteiger partial charge in [-0.15, -0.1) is 11.3 Å². The lowest BCUT2D eigenvalue weighted by Gasteiger charge is -2.36. The van der Waals surface area contributed by atoms with Crippen molar-refractivity contribution < 1.29 is 14.3 Å². The number of hydrogen-bond acceptors (Lipinski definition) is 4. The summed E-state index contributed by atoms with van der Waals surface area (Å²) in [7, 11) is 0. The Hall–Kier alpha value is -2.18. The number of anilines is 1. The minimum Gasteiger partial charge on any atom is -0.381 e. The van der Waals surface area contributed by atoms with Crippen molar-refractivity contribution in [2.45, 2.75) is 32.1 Å². The lowest BCUT2D eigenvalue weighted by Crippen LogP contribution is -2.46. The number of thiophene rings is 1. The smallest absolute Gasteiger partial charge is 0.313 e. The molecule has 1 aliphatic heterocycles. The van der Waals surface area contributed by atoms with Crippen LogP contribution >= 0.6 is 11.3 Å². The molecule has 2 amide bonds. The highest BCUT2D eigenvalue weighted by atomic mass is 32.1. The third kappa shape index (κ3) is 4.14. The monoisotopic (exact) mass is 372 g/mol. The fourth-order valence-corrected chi connectivity index (χ4v) is 4.18. The maximum Gasteiger partial charge on any atom is 0.313 e. The Balaban J connectivity index is 1.63. The third-order valence-electron chi connectivity index (χ3n) is 5.05. The second kappa shape index (κ2) is 8.01. The van der Waals surface area contributed by atoms with Gasteiger partial charge >= 0.3 is 11.8 Å². The van der Waals surface area contributed by atoms with Crippen LogP contribution in [-0.4, -0.2) is 31.6 Å². The van der Waals surface area contributed by atoms with E-state index in [4.69, 9.17) is 4.74 Å². The average Bonchev–Trinajstić information content (AvgIpc) is 3.19. The number of ether oxygens (including phenoxy) is 1. The first-order chi connectivity index (χ1) is 12.5. The van der Waals surface area contributed by atoms with Crippen LogP contribution in [0.2, 0.25) is 0 Å². The standard InChI is InChI=1S/C20H24N2O3S/c1-14-5-6-16(12-15(14)2)22-19(24)18(23)21-13-20(7-9-25-10-8-20)17-4-3-11-26-17/h3-6,11-12H,7-10,13H2,1-2H3,(H,21,23)(H,22,24). The molecule has 1 aliphatic rings. The molecule has 0 aliphatic carbocycles. The molecule has 0 atom stereocenters. The van der Waals surface area contributed by atoms with Gasteiger partial charge in [-0.25, -0.2) is 0 Å². The summed E-state index contributed by atoms with van der Waals surface area (Å²) in [6, 6.07) is 9.71. The van der Waals surface area contributed by atoms with Gasteiger partial charge < -0.3 is 15.4 Å². The van der Waals surface area contributed by atoms with Crippen molar-refractivity contribution in [2.75, 3.05) is 25.1 Å². The van der Waals surface area contributed by atoms with Crippen molar-refractivity contribution in [1.29, 1.82) is 0 Å². The van der Waals surface area contributed by atoms with Crippen LogP contribution in [0.3, 0.4) is 0 Å². The van der Waals surface area contributed by atoms with Gasteiger partial charge in [0.25, 0.3) is 0 Å². The minimum atomic E-state index is -0.637. The number of rotatable bonds is 4. The summed E-state index contributed by atoms with van der Waals surface area (Å²) >= 11 is 1.69. The van der Waals surface area contributed by atoms with Crippen LogP contribution in [0.4, 0.5) is 5.69 Å². The molecule has 1 saturated heterocycles. The topological polar surface area (TPSA) is 67.4 Å². The minimum absolute atomic E-state index is 0.150. The van der Waals surface area contributed by atoms with Crippen molar-refractivity contribution in [1.82, 2.24) is 5.32 Å². The van der Waals surface area contributed by atoms with Crippen LogP contribution in [0, 0.1) is 13.8 Å². The first kappa shape index (κ1) is 18.6.